The van der Waals surface area contributed by atoms with Gasteiger partial charge in [-0.2, -0.15) is 0 Å². The van der Waals surface area contributed by atoms with E-state index in [1.54, 1.807) is 30.6 Å². The number of hydrogen-bond acceptors (Lipinski definition) is 5. The molecule has 1 fully saturated rings. The number of carbonyl (C=O) groups is 2. The molecule has 2 aromatic rings. The maximum absolute atomic E-state index is 12.5. The molecule has 0 bridgehead atoms. The quantitative estimate of drug-likeness (QED) is 0.698. The van der Waals surface area contributed by atoms with Crippen LogP contribution < -0.4 is 16.0 Å². The minimum atomic E-state index is -0.403. The van der Waals surface area contributed by atoms with Gasteiger partial charge >= 0.3 is 0 Å². The molecule has 3 rings (SSSR count). The van der Waals surface area contributed by atoms with Crippen molar-refractivity contribution in [1.29, 1.82) is 0 Å². The first-order valence-electron chi connectivity index (χ1n) is 8.52. The number of pyridine rings is 1. The van der Waals surface area contributed by atoms with Gasteiger partial charge in [0.2, 0.25) is 5.91 Å². The molecule has 0 saturated carbocycles. The van der Waals surface area contributed by atoms with E-state index in [-0.39, 0.29) is 42.7 Å². The van der Waals surface area contributed by atoms with E-state index in [1.807, 2.05) is 26.0 Å². The Morgan fingerprint density at radius 2 is 1.86 bits per heavy atom. The average molecular weight is 427 g/mol. The maximum Gasteiger partial charge on any atom is 0.255 e. The van der Waals surface area contributed by atoms with Crippen molar-refractivity contribution < 1.29 is 14.3 Å². The highest BCUT2D eigenvalue weighted by Gasteiger charge is 2.28. The number of halogens is 2. The third-order valence-corrected chi connectivity index (χ3v) is 4.29. The largest absolute Gasteiger partial charge is 0.375 e. The number of aryl methyl sites for hydroxylation is 1. The fourth-order valence-electron chi connectivity index (χ4n) is 2.78. The minimum Gasteiger partial charge on any atom is -0.375 e. The molecule has 2 amide bonds. The molecule has 1 aromatic heterocycles. The van der Waals surface area contributed by atoms with E-state index in [4.69, 9.17) is 4.74 Å². The van der Waals surface area contributed by atoms with E-state index < -0.39 is 6.04 Å². The van der Waals surface area contributed by atoms with Gasteiger partial charge in [0.15, 0.2) is 0 Å². The molecule has 28 heavy (non-hydrogen) atoms. The van der Waals surface area contributed by atoms with Crippen molar-refractivity contribution in [2.45, 2.75) is 26.0 Å². The van der Waals surface area contributed by atoms with Crippen LogP contribution in [0.3, 0.4) is 0 Å². The average Bonchev–Trinajstić information content (AvgIpc) is 2.65. The number of carbonyl (C=O) groups excluding carboxylic acids is 2. The van der Waals surface area contributed by atoms with Gasteiger partial charge < -0.3 is 20.7 Å². The molecule has 3 N–H and O–H groups in total. The molecule has 1 aromatic carbocycles. The molecule has 7 nitrogen and oxygen atoms in total. The van der Waals surface area contributed by atoms with Gasteiger partial charge in [-0.25, -0.2) is 0 Å². The third-order valence-electron chi connectivity index (χ3n) is 4.29. The van der Waals surface area contributed by atoms with Crippen molar-refractivity contribution in [2.24, 2.45) is 0 Å². The molecule has 0 spiro atoms. The molecular weight excluding hydrogens is 403 g/mol. The second-order valence-electron chi connectivity index (χ2n) is 6.22. The summed E-state index contributed by atoms with van der Waals surface area (Å²) in [4.78, 5) is 28.7. The highest BCUT2D eigenvalue weighted by Crippen LogP contribution is 2.21. The molecule has 1 aliphatic heterocycles. The van der Waals surface area contributed by atoms with Gasteiger partial charge in [-0.15, -0.1) is 24.8 Å². The van der Waals surface area contributed by atoms with Crippen molar-refractivity contribution in [2.75, 3.05) is 23.8 Å². The highest BCUT2D eigenvalue weighted by molar-refractivity contribution is 6.05. The lowest BCUT2D eigenvalue weighted by molar-refractivity contribution is -0.123. The van der Waals surface area contributed by atoms with Crippen LogP contribution in [-0.2, 0) is 9.53 Å². The van der Waals surface area contributed by atoms with Crippen LogP contribution in [0.5, 0.6) is 0 Å². The zero-order valence-electron chi connectivity index (χ0n) is 15.6. The van der Waals surface area contributed by atoms with Crippen LogP contribution in [0.4, 0.5) is 11.4 Å². The van der Waals surface area contributed by atoms with Crippen LogP contribution in [0.15, 0.2) is 42.7 Å². The fraction of sp³-hybridized carbons (Fsp3) is 0.316. The number of ether oxygens (including phenoxy) is 1. The summed E-state index contributed by atoms with van der Waals surface area (Å²) in [7, 11) is 0. The van der Waals surface area contributed by atoms with Crippen LogP contribution in [-0.4, -0.2) is 42.1 Å². The lowest BCUT2D eigenvalue weighted by atomic mass is 10.1. The molecule has 1 aliphatic rings. The van der Waals surface area contributed by atoms with Gasteiger partial charge in [-0.3, -0.25) is 14.6 Å². The fourth-order valence-corrected chi connectivity index (χ4v) is 2.78. The SMILES string of the molecule is Cc1ccc(NC(=O)[C@H]2NCCO[C@@H]2C)cc1NC(=O)c1ccncc1.Cl.Cl. The van der Waals surface area contributed by atoms with Crippen molar-refractivity contribution >= 4 is 48.0 Å². The molecule has 0 aliphatic carbocycles. The molecule has 2 heterocycles. The van der Waals surface area contributed by atoms with Crippen LogP contribution in [0.2, 0.25) is 0 Å². The van der Waals surface area contributed by atoms with E-state index in [0.29, 0.717) is 30.1 Å². The number of morpholine rings is 1. The molecule has 0 unspecified atom stereocenters. The zero-order chi connectivity index (χ0) is 18.5. The highest BCUT2D eigenvalue weighted by atomic mass is 35.5. The predicted octanol–water partition coefficient (Wildman–Crippen LogP) is 2.80. The van der Waals surface area contributed by atoms with Gasteiger partial charge in [0.25, 0.3) is 5.91 Å². The topological polar surface area (TPSA) is 92.4 Å². The first-order chi connectivity index (χ1) is 12.5. The Morgan fingerprint density at radius 3 is 2.54 bits per heavy atom. The summed E-state index contributed by atoms with van der Waals surface area (Å²) in [6.45, 7) is 5.00. The molecular formula is C19H24Cl2N4O3. The summed E-state index contributed by atoms with van der Waals surface area (Å²) in [5.74, 6) is -0.387. The first kappa shape index (κ1) is 23.8. The smallest absolute Gasteiger partial charge is 0.255 e. The van der Waals surface area contributed by atoms with Gasteiger partial charge in [-0.05, 0) is 43.7 Å². The second kappa shape index (κ2) is 11.0. The van der Waals surface area contributed by atoms with Gasteiger partial charge in [0.1, 0.15) is 6.04 Å². The Bertz CT molecular complexity index is 805. The second-order valence-corrected chi connectivity index (χ2v) is 6.22. The number of benzene rings is 1. The van der Waals surface area contributed by atoms with Crippen molar-refractivity contribution in [3.8, 4) is 0 Å². The Morgan fingerprint density at radius 1 is 1.14 bits per heavy atom. The van der Waals surface area contributed by atoms with E-state index in [9.17, 15) is 9.59 Å². The Kier molecular flexibility index (Phi) is 9.34. The molecule has 2 atom stereocenters. The van der Waals surface area contributed by atoms with Crippen LogP contribution in [0, 0.1) is 6.92 Å². The standard InChI is InChI=1S/C19H22N4O3.2ClH/c1-12-3-4-15(22-19(25)17-13(2)26-10-9-21-17)11-16(12)23-18(24)14-5-7-20-8-6-14;;/h3-8,11,13,17,21H,9-10H2,1-2H3,(H,22,25)(H,23,24);2*1H/t13-,17+;;/m1../s1. The number of hydrogen-bond donors (Lipinski definition) is 3. The van der Waals surface area contributed by atoms with Crippen molar-refractivity contribution in [1.82, 2.24) is 10.3 Å². The Labute approximate surface area is 176 Å². The summed E-state index contributed by atoms with van der Waals surface area (Å²) in [5.41, 5.74) is 2.68. The molecule has 0 radical (unpaired) electrons. The third kappa shape index (κ3) is 5.90. The van der Waals surface area contributed by atoms with E-state index in [1.165, 1.54) is 0 Å². The Balaban J connectivity index is 0.00000196. The number of nitrogens with zero attached hydrogens (tertiary/aromatic N) is 1. The normalized spacial score (nSPS) is 18.2. The first-order valence-corrected chi connectivity index (χ1v) is 8.52. The number of anilines is 2. The van der Waals surface area contributed by atoms with Gasteiger partial charge in [0, 0.05) is 35.9 Å². The number of aromatic nitrogens is 1. The summed E-state index contributed by atoms with van der Waals surface area (Å²) < 4.78 is 5.51. The summed E-state index contributed by atoms with van der Waals surface area (Å²) in [5, 5.41) is 8.91. The summed E-state index contributed by atoms with van der Waals surface area (Å²) in [6, 6.07) is 8.30. The predicted molar refractivity (Wildman–Crippen MR) is 114 cm³/mol. The summed E-state index contributed by atoms with van der Waals surface area (Å²) in [6.07, 6.45) is 2.94. The van der Waals surface area contributed by atoms with Crippen LogP contribution in [0.1, 0.15) is 22.8 Å². The number of rotatable bonds is 4. The van der Waals surface area contributed by atoms with Gasteiger partial charge in [0.05, 0.1) is 12.7 Å². The van der Waals surface area contributed by atoms with Gasteiger partial charge in [-0.1, -0.05) is 6.07 Å². The Hall–Kier alpha value is -2.19. The molecule has 152 valence electrons. The van der Waals surface area contributed by atoms with Crippen LogP contribution >= 0.6 is 24.8 Å². The lowest BCUT2D eigenvalue weighted by Gasteiger charge is -2.29. The van der Waals surface area contributed by atoms with E-state index in [0.717, 1.165) is 5.56 Å². The van der Waals surface area contributed by atoms with E-state index in [2.05, 4.69) is 20.9 Å². The number of nitrogens with one attached hydrogen (secondary N) is 3. The van der Waals surface area contributed by atoms with Crippen molar-refractivity contribution in [3.63, 3.8) is 0 Å². The maximum atomic E-state index is 12.5. The molecule has 1 saturated heterocycles. The van der Waals surface area contributed by atoms with E-state index >= 15 is 0 Å². The monoisotopic (exact) mass is 426 g/mol. The number of amides is 2. The summed E-state index contributed by atoms with van der Waals surface area (Å²) >= 11 is 0. The van der Waals surface area contributed by atoms with Crippen molar-refractivity contribution in [3.05, 3.63) is 53.9 Å². The lowest BCUT2D eigenvalue weighted by Crippen LogP contribution is -2.53. The molecule has 9 heteroatoms. The zero-order valence-corrected chi connectivity index (χ0v) is 17.2. The minimum absolute atomic E-state index is 0. The van der Waals surface area contributed by atoms with Crippen LogP contribution in [0.25, 0.3) is 0 Å².